The highest BCUT2D eigenvalue weighted by atomic mass is 35.5. The number of halogens is 1. The van der Waals surface area contributed by atoms with Crippen LogP contribution in [0.25, 0.3) is 10.8 Å². The van der Waals surface area contributed by atoms with Gasteiger partial charge in [0.2, 0.25) is 16.9 Å². The second kappa shape index (κ2) is 8.58. The molecule has 4 aromatic rings. The smallest absolute Gasteiger partial charge is 0.295 e. The summed E-state index contributed by atoms with van der Waals surface area (Å²) in [4.78, 5) is 12.4. The van der Waals surface area contributed by atoms with Crippen LogP contribution in [0.3, 0.4) is 0 Å². The molecule has 0 saturated heterocycles. The average Bonchev–Trinajstić information content (AvgIpc) is 3.36. The van der Waals surface area contributed by atoms with Crippen LogP contribution in [0.5, 0.6) is 11.8 Å². The van der Waals surface area contributed by atoms with Crippen LogP contribution in [-0.4, -0.2) is 25.8 Å². The summed E-state index contributed by atoms with van der Waals surface area (Å²) in [5.74, 6) is -0.459. The number of azo groups is 1. The molecule has 4 rings (SSSR count). The van der Waals surface area contributed by atoms with E-state index in [1.807, 2.05) is 0 Å². The summed E-state index contributed by atoms with van der Waals surface area (Å²) >= 11 is 11.1. The van der Waals surface area contributed by atoms with Gasteiger partial charge in [0.25, 0.3) is 5.91 Å². The summed E-state index contributed by atoms with van der Waals surface area (Å²) in [6.45, 7) is 0.129. The quantitative estimate of drug-likeness (QED) is 0.283. The van der Waals surface area contributed by atoms with Crippen molar-refractivity contribution in [1.82, 2.24) is 4.57 Å². The molecule has 0 fully saturated rings. The van der Waals surface area contributed by atoms with Gasteiger partial charge in [0, 0.05) is 16.3 Å². The molecule has 0 unspecified atom stereocenters. The largest absolute Gasteiger partial charge is 0.494 e. The van der Waals surface area contributed by atoms with E-state index >= 15 is 0 Å². The van der Waals surface area contributed by atoms with E-state index in [9.17, 15) is 15.0 Å². The van der Waals surface area contributed by atoms with Gasteiger partial charge in [-0.15, -0.1) is 10.2 Å². The number of nitrogens with zero attached hydrogens (tertiary/aromatic N) is 3. The predicted molar refractivity (Wildman–Crippen MR) is 120 cm³/mol. The van der Waals surface area contributed by atoms with Crippen LogP contribution < -0.4 is 5.32 Å². The van der Waals surface area contributed by atoms with E-state index in [1.165, 1.54) is 29.0 Å². The molecule has 1 amide bonds. The molecule has 0 aliphatic carbocycles. The number of aromatic nitrogens is 1. The zero-order chi connectivity index (χ0) is 22.0. The number of carbonyl (C=O) groups excluding carboxylic acids is 1. The van der Waals surface area contributed by atoms with Crippen molar-refractivity contribution >= 4 is 51.3 Å². The molecule has 2 heterocycles. The number of fused-ring (bicyclic) bond motifs is 1. The summed E-state index contributed by atoms with van der Waals surface area (Å²) in [6, 6.07) is 14.8. The van der Waals surface area contributed by atoms with Crippen LogP contribution >= 0.6 is 23.8 Å². The molecule has 0 bridgehead atoms. The van der Waals surface area contributed by atoms with Crippen molar-refractivity contribution in [3.63, 3.8) is 0 Å². The van der Waals surface area contributed by atoms with E-state index in [0.717, 1.165) is 0 Å². The van der Waals surface area contributed by atoms with E-state index in [2.05, 4.69) is 15.5 Å². The fourth-order valence-corrected chi connectivity index (χ4v) is 3.34. The van der Waals surface area contributed by atoms with Crippen LogP contribution in [0, 0.1) is 0 Å². The number of amides is 1. The number of carbonyl (C=O) groups is 1. The Morgan fingerprint density at radius 1 is 1.06 bits per heavy atom. The normalized spacial score (nSPS) is 11.3. The van der Waals surface area contributed by atoms with Gasteiger partial charge >= 0.3 is 0 Å². The highest BCUT2D eigenvalue weighted by molar-refractivity contribution is 7.80. The average molecular weight is 455 g/mol. The minimum absolute atomic E-state index is 0.0346. The molecule has 0 saturated carbocycles. The summed E-state index contributed by atoms with van der Waals surface area (Å²) < 4.78 is 6.54. The molecule has 8 nitrogen and oxygen atoms in total. The van der Waals surface area contributed by atoms with E-state index in [-0.39, 0.29) is 29.0 Å². The topological polar surface area (TPSA) is 112 Å². The van der Waals surface area contributed by atoms with Crippen molar-refractivity contribution in [3.05, 3.63) is 77.2 Å². The van der Waals surface area contributed by atoms with Crippen molar-refractivity contribution in [2.45, 2.75) is 6.54 Å². The summed E-state index contributed by atoms with van der Waals surface area (Å²) in [7, 11) is 0. The molecular weight excluding hydrogens is 440 g/mol. The number of anilines is 1. The van der Waals surface area contributed by atoms with E-state index in [4.69, 9.17) is 28.2 Å². The summed E-state index contributed by atoms with van der Waals surface area (Å²) in [6.07, 6.45) is 1.50. The van der Waals surface area contributed by atoms with Crippen molar-refractivity contribution < 1.29 is 19.4 Å². The molecule has 0 aliphatic rings. The molecule has 0 radical (unpaired) electrons. The van der Waals surface area contributed by atoms with Crippen LogP contribution in [0.4, 0.5) is 5.69 Å². The van der Waals surface area contributed by atoms with E-state index in [0.29, 0.717) is 27.2 Å². The van der Waals surface area contributed by atoms with E-state index < -0.39 is 5.91 Å². The Bertz CT molecular complexity index is 1310. The van der Waals surface area contributed by atoms with Gasteiger partial charge in [-0.3, -0.25) is 9.36 Å². The Balaban J connectivity index is 1.54. The number of hydrogen-bond donors (Lipinski definition) is 3. The van der Waals surface area contributed by atoms with Gasteiger partial charge in [-0.1, -0.05) is 23.7 Å². The second-order valence-corrected chi connectivity index (χ2v) is 7.28. The van der Waals surface area contributed by atoms with Gasteiger partial charge in [0.15, 0.2) is 0 Å². The Labute approximate surface area is 186 Å². The maximum absolute atomic E-state index is 12.4. The predicted octanol–water partition coefficient (Wildman–Crippen LogP) is 5.34. The third-order valence-corrected chi connectivity index (χ3v) is 5.01. The lowest BCUT2D eigenvalue weighted by Crippen LogP contribution is -2.06. The molecular formula is C21H15ClN4O4S. The van der Waals surface area contributed by atoms with Crippen molar-refractivity contribution in [3.8, 4) is 11.8 Å². The standard InChI is InChI=1S/C21H15ClN4O4S/c22-16-5-1-2-6-17(16)23-21(31)25-24-18(27)12-7-8-14-15(10-12)20(29)26(19(14)28)11-13-4-3-9-30-13/h1-10,28-29H,11H2,(H,23,31). The van der Waals surface area contributed by atoms with Gasteiger partial charge < -0.3 is 19.9 Å². The fraction of sp³-hybridized carbons (Fsp3) is 0.0476. The van der Waals surface area contributed by atoms with Gasteiger partial charge in [-0.25, -0.2) is 0 Å². The van der Waals surface area contributed by atoms with Crippen molar-refractivity contribution in [2.75, 3.05) is 5.32 Å². The van der Waals surface area contributed by atoms with Crippen LogP contribution in [0.2, 0.25) is 5.02 Å². The van der Waals surface area contributed by atoms with Crippen molar-refractivity contribution in [1.29, 1.82) is 0 Å². The third kappa shape index (κ3) is 4.27. The molecule has 31 heavy (non-hydrogen) atoms. The monoisotopic (exact) mass is 454 g/mol. The molecule has 2 aromatic carbocycles. The Hall–Kier alpha value is -3.69. The van der Waals surface area contributed by atoms with E-state index in [1.54, 1.807) is 36.4 Å². The molecule has 10 heteroatoms. The minimum Gasteiger partial charge on any atom is -0.494 e. The van der Waals surface area contributed by atoms with Gasteiger partial charge in [0.05, 0.1) is 23.5 Å². The maximum Gasteiger partial charge on any atom is 0.295 e. The first-order valence-electron chi connectivity index (χ1n) is 9.02. The zero-order valence-electron chi connectivity index (χ0n) is 15.8. The lowest BCUT2D eigenvalue weighted by Gasteiger charge is -2.04. The number of thiocarbonyl (C=S) groups is 1. The highest BCUT2D eigenvalue weighted by Crippen LogP contribution is 2.37. The Kier molecular flexibility index (Phi) is 5.70. The number of rotatable bonds is 4. The molecule has 2 aromatic heterocycles. The number of para-hydroxylation sites is 1. The Morgan fingerprint density at radius 3 is 2.58 bits per heavy atom. The molecule has 3 N–H and O–H groups in total. The first-order valence-corrected chi connectivity index (χ1v) is 9.81. The van der Waals surface area contributed by atoms with Gasteiger partial charge in [-0.2, -0.15) is 0 Å². The van der Waals surface area contributed by atoms with Gasteiger partial charge in [0.1, 0.15) is 5.76 Å². The lowest BCUT2D eigenvalue weighted by atomic mass is 10.1. The molecule has 0 atom stereocenters. The number of benzene rings is 2. The van der Waals surface area contributed by atoms with Gasteiger partial charge in [-0.05, 0) is 54.7 Å². The number of nitrogens with one attached hydrogen (secondary N) is 1. The van der Waals surface area contributed by atoms with Crippen molar-refractivity contribution in [2.24, 2.45) is 10.2 Å². The molecule has 156 valence electrons. The van der Waals surface area contributed by atoms with Crippen LogP contribution in [-0.2, 0) is 6.54 Å². The first-order chi connectivity index (χ1) is 14.9. The first kappa shape index (κ1) is 20.6. The third-order valence-electron chi connectivity index (χ3n) is 4.50. The fourth-order valence-electron chi connectivity index (χ4n) is 3.01. The molecule has 0 spiro atoms. The number of hydrogen-bond acceptors (Lipinski definition) is 5. The number of furan rings is 1. The second-order valence-electron chi connectivity index (χ2n) is 6.49. The minimum atomic E-state index is -0.664. The lowest BCUT2D eigenvalue weighted by molar-refractivity contribution is 0.0995. The molecule has 0 aliphatic heterocycles. The number of aromatic hydroxyl groups is 2. The van der Waals surface area contributed by atoms with Crippen LogP contribution in [0.15, 0.2) is 75.5 Å². The van der Waals surface area contributed by atoms with Crippen LogP contribution in [0.1, 0.15) is 16.1 Å². The Morgan fingerprint density at radius 2 is 1.84 bits per heavy atom. The summed E-state index contributed by atoms with van der Waals surface area (Å²) in [5.41, 5.74) is 0.711. The maximum atomic E-state index is 12.4. The highest BCUT2D eigenvalue weighted by Gasteiger charge is 2.18. The summed E-state index contributed by atoms with van der Waals surface area (Å²) in [5, 5.41) is 32.2. The zero-order valence-corrected chi connectivity index (χ0v) is 17.4. The SMILES string of the molecule is O=C(N=NC(=S)Nc1ccccc1Cl)c1ccc2c(O)n(Cc3ccco3)c(O)c2c1.